The molecule has 1 aromatic rings. The van der Waals surface area contributed by atoms with E-state index in [-0.39, 0.29) is 0 Å². The molecule has 0 amide bonds. The lowest BCUT2D eigenvalue weighted by atomic mass is 9.87. The Morgan fingerprint density at radius 1 is 1.33 bits per heavy atom. The molecule has 2 rings (SSSR count). The summed E-state index contributed by atoms with van der Waals surface area (Å²) in [6.45, 7) is 4.61. The minimum absolute atomic E-state index is 0.619. The predicted molar refractivity (Wildman–Crippen MR) is 65.5 cm³/mol. The molecule has 1 fully saturated rings. The van der Waals surface area contributed by atoms with Gasteiger partial charge in [-0.25, -0.2) is 0 Å². The van der Waals surface area contributed by atoms with Crippen molar-refractivity contribution in [1.29, 1.82) is 0 Å². The second-order valence-electron chi connectivity index (χ2n) is 4.52. The van der Waals surface area contributed by atoms with Gasteiger partial charge in [-0.2, -0.15) is 0 Å². The number of likely N-dealkylation sites (N-methyl/N-ethyl adjacent to an activating group) is 1. The van der Waals surface area contributed by atoms with Gasteiger partial charge in [0.1, 0.15) is 0 Å². The van der Waals surface area contributed by atoms with E-state index >= 15 is 0 Å². The largest absolute Gasteiger partial charge is 0.305 e. The summed E-state index contributed by atoms with van der Waals surface area (Å²) < 4.78 is 0. The van der Waals surface area contributed by atoms with Gasteiger partial charge < -0.3 is 4.90 Å². The first kappa shape index (κ1) is 11.0. The lowest BCUT2D eigenvalue weighted by Gasteiger charge is -2.18. The third-order valence-electron chi connectivity index (χ3n) is 3.45. The highest BCUT2D eigenvalue weighted by Gasteiger charge is 2.31. The van der Waals surface area contributed by atoms with E-state index < -0.39 is 0 Å². The van der Waals surface area contributed by atoms with Crippen LogP contribution in [0.25, 0.3) is 0 Å². The Balaban J connectivity index is 2.26. The smallest absolute Gasteiger partial charge is 0.0441 e. The van der Waals surface area contributed by atoms with E-state index in [4.69, 9.17) is 11.6 Å². The number of benzene rings is 1. The molecule has 0 bridgehead atoms. The van der Waals surface area contributed by atoms with E-state index in [0.717, 1.165) is 17.5 Å². The van der Waals surface area contributed by atoms with Crippen LogP contribution >= 0.6 is 11.6 Å². The molecule has 0 spiro atoms. The van der Waals surface area contributed by atoms with E-state index in [1.54, 1.807) is 0 Å². The van der Waals surface area contributed by atoms with Crippen molar-refractivity contribution in [2.45, 2.75) is 19.3 Å². The van der Waals surface area contributed by atoms with Crippen molar-refractivity contribution in [3.8, 4) is 0 Å². The summed E-state index contributed by atoms with van der Waals surface area (Å²) >= 11 is 6.26. The highest BCUT2D eigenvalue weighted by atomic mass is 35.5. The highest BCUT2D eigenvalue weighted by molar-refractivity contribution is 6.31. The molecular formula is C13H18ClN. The van der Waals surface area contributed by atoms with Gasteiger partial charge in [0.15, 0.2) is 0 Å². The molecule has 1 saturated heterocycles. The average molecular weight is 224 g/mol. The summed E-state index contributed by atoms with van der Waals surface area (Å²) in [6.07, 6.45) is 1.24. The Labute approximate surface area is 97.0 Å². The van der Waals surface area contributed by atoms with Gasteiger partial charge in [0.25, 0.3) is 0 Å². The summed E-state index contributed by atoms with van der Waals surface area (Å²) in [7, 11) is 2.19. The van der Waals surface area contributed by atoms with Crippen LogP contribution in [0.3, 0.4) is 0 Å². The first-order valence-corrected chi connectivity index (χ1v) is 6.03. The molecule has 15 heavy (non-hydrogen) atoms. The van der Waals surface area contributed by atoms with E-state index in [9.17, 15) is 0 Å². The molecule has 2 unspecified atom stereocenters. The van der Waals surface area contributed by atoms with Gasteiger partial charge >= 0.3 is 0 Å². The van der Waals surface area contributed by atoms with E-state index in [1.807, 2.05) is 12.1 Å². The van der Waals surface area contributed by atoms with Crippen LogP contribution < -0.4 is 0 Å². The van der Waals surface area contributed by atoms with Gasteiger partial charge in [0, 0.05) is 24.0 Å². The zero-order chi connectivity index (χ0) is 10.8. The average Bonchev–Trinajstić information content (AvgIpc) is 2.60. The van der Waals surface area contributed by atoms with Crippen LogP contribution in [0.15, 0.2) is 24.3 Å². The van der Waals surface area contributed by atoms with Gasteiger partial charge in [-0.15, -0.1) is 0 Å². The fraction of sp³-hybridized carbons (Fsp3) is 0.538. The molecule has 0 radical (unpaired) electrons. The second-order valence-corrected chi connectivity index (χ2v) is 4.92. The molecule has 1 aliphatic rings. The Morgan fingerprint density at radius 2 is 2.07 bits per heavy atom. The Bertz CT molecular complexity index is 337. The Morgan fingerprint density at radius 3 is 2.73 bits per heavy atom. The maximum Gasteiger partial charge on any atom is 0.0441 e. The van der Waals surface area contributed by atoms with Gasteiger partial charge in [-0.3, -0.25) is 0 Å². The van der Waals surface area contributed by atoms with Crippen molar-refractivity contribution < 1.29 is 0 Å². The maximum atomic E-state index is 6.26. The van der Waals surface area contributed by atoms with E-state index in [0.29, 0.717) is 5.92 Å². The van der Waals surface area contributed by atoms with Crippen LogP contribution in [-0.4, -0.2) is 25.0 Å². The summed E-state index contributed by atoms with van der Waals surface area (Å²) in [6, 6.07) is 8.27. The van der Waals surface area contributed by atoms with Crippen LogP contribution in [0.4, 0.5) is 0 Å². The molecule has 1 heterocycles. The third-order valence-corrected chi connectivity index (χ3v) is 3.80. The van der Waals surface area contributed by atoms with Crippen LogP contribution in [0.5, 0.6) is 0 Å². The third kappa shape index (κ3) is 2.19. The van der Waals surface area contributed by atoms with Crippen molar-refractivity contribution in [2.75, 3.05) is 20.1 Å². The standard InChI is InChI=1S/C13H18ClN/c1-3-10-8-15(2)9-12(10)11-6-4-5-7-13(11)14/h4-7,10,12H,3,8-9H2,1-2H3. The molecule has 1 aromatic carbocycles. The summed E-state index contributed by atoms with van der Waals surface area (Å²) in [5, 5.41) is 0.927. The van der Waals surface area contributed by atoms with E-state index in [1.165, 1.54) is 18.5 Å². The lowest BCUT2D eigenvalue weighted by Crippen LogP contribution is -2.13. The number of likely N-dealkylation sites (tertiary alicyclic amines) is 1. The molecule has 0 saturated carbocycles. The summed E-state index contributed by atoms with van der Waals surface area (Å²) in [4.78, 5) is 2.40. The molecule has 2 heteroatoms. The van der Waals surface area contributed by atoms with Gasteiger partial charge in [0.2, 0.25) is 0 Å². The van der Waals surface area contributed by atoms with Gasteiger partial charge in [-0.05, 0) is 24.6 Å². The van der Waals surface area contributed by atoms with Crippen LogP contribution in [0.2, 0.25) is 5.02 Å². The number of halogens is 1. The zero-order valence-electron chi connectivity index (χ0n) is 9.41. The Kier molecular flexibility index (Phi) is 3.32. The first-order chi connectivity index (χ1) is 7.22. The predicted octanol–water partition coefficient (Wildman–Crippen LogP) is 3.40. The summed E-state index contributed by atoms with van der Waals surface area (Å²) in [5.41, 5.74) is 1.33. The molecular weight excluding hydrogens is 206 g/mol. The molecule has 1 aliphatic heterocycles. The molecule has 0 aromatic heterocycles. The van der Waals surface area contributed by atoms with Gasteiger partial charge in [0.05, 0.1) is 0 Å². The molecule has 2 atom stereocenters. The number of hydrogen-bond acceptors (Lipinski definition) is 1. The van der Waals surface area contributed by atoms with Crippen LogP contribution in [0.1, 0.15) is 24.8 Å². The van der Waals surface area contributed by atoms with Crippen LogP contribution in [-0.2, 0) is 0 Å². The minimum Gasteiger partial charge on any atom is -0.305 e. The number of rotatable bonds is 2. The number of nitrogens with zero attached hydrogens (tertiary/aromatic N) is 1. The van der Waals surface area contributed by atoms with Gasteiger partial charge in [-0.1, -0.05) is 43.1 Å². The normalized spacial score (nSPS) is 27.1. The topological polar surface area (TPSA) is 3.24 Å². The zero-order valence-corrected chi connectivity index (χ0v) is 10.2. The molecule has 1 nitrogen and oxygen atoms in total. The maximum absolute atomic E-state index is 6.26. The highest BCUT2D eigenvalue weighted by Crippen LogP contribution is 2.36. The summed E-state index contributed by atoms with van der Waals surface area (Å²) in [5.74, 6) is 1.38. The fourth-order valence-electron chi connectivity index (χ4n) is 2.63. The van der Waals surface area contributed by atoms with Crippen LogP contribution in [0, 0.1) is 5.92 Å². The lowest BCUT2D eigenvalue weighted by molar-refractivity contribution is 0.392. The SMILES string of the molecule is CCC1CN(C)CC1c1ccccc1Cl. The van der Waals surface area contributed by atoms with Crippen molar-refractivity contribution in [3.63, 3.8) is 0 Å². The quantitative estimate of drug-likeness (QED) is 0.743. The van der Waals surface area contributed by atoms with Crippen molar-refractivity contribution >= 4 is 11.6 Å². The van der Waals surface area contributed by atoms with E-state index in [2.05, 4.69) is 31.0 Å². The van der Waals surface area contributed by atoms with Crippen molar-refractivity contribution in [1.82, 2.24) is 4.90 Å². The molecule has 82 valence electrons. The molecule has 0 N–H and O–H groups in total. The minimum atomic E-state index is 0.619. The van der Waals surface area contributed by atoms with Crippen molar-refractivity contribution in [2.24, 2.45) is 5.92 Å². The molecule has 0 aliphatic carbocycles. The monoisotopic (exact) mass is 223 g/mol. The fourth-order valence-corrected chi connectivity index (χ4v) is 2.90. The van der Waals surface area contributed by atoms with Crippen molar-refractivity contribution in [3.05, 3.63) is 34.9 Å². The first-order valence-electron chi connectivity index (χ1n) is 5.65. The second kappa shape index (κ2) is 4.54. The Hall–Kier alpha value is -0.530. The number of hydrogen-bond donors (Lipinski definition) is 0.